The van der Waals surface area contributed by atoms with Crippen molar-refractivity contribution in [1.29, 1.82) is 0 Å². The summed E-state index contributed by atoms with van der Waals surface area (Å²) in [5.74, 6) is 0.0121. The van der Waals surface area contributed by atoms with E-state index in [-0.39, 0.29) is 11.8 Å². The largest absolute Gasteiger partial charge is 0.351 e. The Bertz CT molecular complexity index is 596. The summed E-state index contributed by atoms with van der Waals surface area (Å²) >= 11 is 0. The fourth-order valence-corrected chi connectivity index (χ4v) is 1.98. The van der Waals surface area contributed by atoms with Crippen molar-refractivity contribution in [2.75, 3.05) is 0 Å². The maximum atomic E-state index is 11.9. The molecule has 2 rings (SSSR count). The summed E-state index contributed by atoms with van der Waals surface area (Å²) in [6.07, 6.45) is 1.77. The van der Waals surface area contributed by atoms with Crippen LogP contribution in [0, 0.1) is 5.92 Å². The van der Waals surface area contributed by atoms with Crippen molar-refractivity contribution in [3.05, 3.63) is 54.2 Å². The minimum atomic E-state index is -0.469. The summed E-state index contributed by atoms with van der Waals surface area (Å²) in [6, 6.07) is 13.3. The molecule has 21 heavy (non-hydrogen) atoms. The normalized spacial score (nSPS) is 12.2. The van der Waals surface area contributed by atoms with Crippen LogP contribution in [0.2, 0.25) is 0 Å². The van der Waals surface area contributed by atoms with Gasteiger partial charge in [0.25, 0.3) is 0 Å². The fourth-order valence-electron chi connectivity index (χ4n) is 1.98. The van der Waals surface area contributed by atoms with E-state index in [1.807, 2.05) is 56.3 Å². The first-order chi connectivity index (χ1) is 10.1. The average Bonchev–Trinajstić information content (AvgIpc) is 2.53. The number of benzene rings is 1. The average molecular weight is 283 g/mol. The molecule has 0 aliphatic rings. The van der Waals surface area contributed by atoms with Crippen LogP contribution in [-0.2, 0) is 11.3 Å². The summed E-state index contributed by atoms with van der Waals surface area (Å²) in [7, 11) is 0. The Morgan fingerprint density at radius 3 is 2.71 bits per heavy atom. The van der Waals surface area contributed by atoms with Gasteiger partial charge in [0.15, 0.2) is 0 Å². The fraction of sp³-hybridized carbons (Fsp3) is 0.294. The van der Waals surface area contributed by atoms with Gasteiger partial charge in [0.2, 0.25) is 5.91 Å². The van der Waals surface area contributed by atoms with Gasteiger partial charge >= 0.3 is 0 Å². The molecule has 0 aliphatic heterocycles. The van der Waals surface area contributed by atoms with Crippen LogP contribution in [0.25, 0.3) is 11.3 Å². The van der Waals surface area contributed by atoms with E-state index in [1.54, 1.807) is 6.20 Å². The van der Waals surface area contributed by atoms with Crippen molar-refractivity contribution in [3.8, 4) is 11.3 Å². The number of rotatable bonds is 5. The van der Waals surface area contributed by atoms with Crippen LogP contribution in [0.3, 0.4) is 0 Å². The Kier molecular flexibility index (Phi) is 5.06. The predicted octanol–water partition coefficient (Wildman–Crippen LogP) is 2.35. The topological polar surface area (TPSA) is 68.0 Å². The lowest BCUT2D eigenvalue weighted by molar-refractivity contribution is -0.123. The second kappa shape index (κ2) is 6.99. The van der Waals surface area contributed by atoms with Crippen LogP contribution >= 0.6 is 0 Å². The lowest BCUT2D eigenvalue weighted by Crippen LogP contribution is -2.43. The molecule has 1 amide bonds. The van der Waals surface area contributed by atoms with E-state index >= 15 is 0 Å². The minimum absolute atomic E-state index is 0.117. The maximum Gasteiger partial charge on any atom is 0.237 e. The number of carbonyl (C=O) groups excluding carboxylic acids is 1. The molecule has 1 aromatic heterocycles. The SMILES string of the molecule is CC(C)[C@H](N)C(=O)NCc1cccc(-c2ccccn2)c1. The van der Waals surface area contributed by atoms with Crippen LogP contribution in [0.5, 0.6) is 0 Å². The van der Waals surface area contributed by atoms with Crippen LogP contribution in [-0.4, -0.2) is 16.9 Å². The number of pyridine rings is 1. The van der Waals surface area contributed by atoms with Gasteiger partial charge in [0.1, 0.15) is 0 Å². The van der Waals surface area contributed by atoms with Crippen LogP contribution < -0.4 is 11.1 Å². The molecule has 3 N–H and O–H groups in total. The highest BCUT2D eigenvalue weighted by molar-refractivity contribution is 5.81. The summed E-state index contributed by atoms with van der Waals surface area (Å²) in [5.41, 5.74) is 8.81. The van der Waals surface area contributed by atoms with E-state index in [4.69, 9.17) is 5.73 Å². The molecule has 0 bridgehead atoms. The standard InChI is InChI=1S/C17H21N3O/c1-12(2)16(18)17(21)20-11-13-6-5-7-14(10-13)15-8-3-4-9-19-15/h3-10,12,16H,11,18H2,1-2H3,(H,20,21)/t16-/m0/s1. The molecule has 1 atom stereocenters. The second-order valence-electron chi connectivity index (χ2n) is 5.40. The highest BCUT2D eigenvalue weighted by Crippen LogP contribution is 2.17. The molecule has 1 heterocycles. The highest BCUT2D eigenvalue weighted by atomic mass is 16.2. The molecule has 0 fully saturated rings. The van der Waals surface area contributed by atoms with Gasteiger partial charge in [-0.2, -0.15) is 0 Å². The van der Waals surface area contributed by atoms with Gasteiger partial charge in [-0.15, -0.1) is 0 Å². The van der Waals surface area contributed by atoms with Crippen molar-refractivity contribution in [1.82, 2.24) is 10.3 Å². The number of nitrogens with zero attached hydrogens (tertiary/aromatic N) is 1. The zero-order valence-corrected chi connectivity index (χ0v) is 12.4. The molecule has 0 saturated heterocycles. The zero-order valence-electron chi connectivity index (χ0n) is 12.4. The second-order valence-corrected chi connectivity index (χ2v) is 5.40. The van der Waals surface area contributed by atoms with Gasteiger partial charge in [-0.1, -0.05) is 38.1 Å². The number of nitrogens with two attached hydrogens (primary N) is 1. The molecular formula is C17H21N3O. The third-order valence-electron chi connectivity index (χ3n) is 3.38. The number of hydrogen-bond acceptors (Lipinski definition) is 3. The van der Waals surface area contributed by atoms with Crippen molar-refractivity contribution < 1.29 is 4.79 Å². The van der Waals surface area contributed by atoms with Gasteiger partial charge in [0, 0.05) is 18.3 Å². The first-order valence-electron chi connectivity index (χ1n) is 7.11. The molecule has 4 nitrogen and oxygen atoms in total. The van der Waals surface area contributed by atoms with E-state index in [2.05, 4.69) is 10.3 Å². The predicted molar refractivity (Wildman–Crippen MR) is 84.3 cm³/mol. The smallest absolute Gasteiger partial charge is 0.237 e. The Morgan fingerprint density at radius 2 is 2.05 bits per heavy atom. The Balaban J connectivity index is 2.04. The quantitative estimate of drug-likeness (QED) is 0.885. The Morgan fingerprint density at radius 1 is 1.24 bits per heavy atom. The van der Waals surface area contributed by atoms with E-state index < -0.39 is 6.04 Å². The van der Waals surface area contributed by atoms with Crippen LogP contribution in [0.4, 0.5) is 0 Å². The zero-order chi connectivity index (χ0) is 15.2. The number of carbonyl (C=O) groups is 1. The summed E-state index contributed by atoms with van der Waals surface area (Å²) in [5, 5.41) is 2.87. The van der Waals surface area contributed by atoms with Crippen molar-refractivity contribution in [3.63, 3.8) is 0 Å². The number of aromatic nitrogens is 1. The molecule has 0 radical (unpaired) electrons. The summed E-state index contributed by atoms with van der Waals surface area (Å²) in [4.78, 5) is 16.2. The monoisotopic (exact) mass is 283 g/mol. The van der Waals surface area contributed by atoms with Crippen molar-refractivity contribution >= 4 is 5.91 Å². The lowest BCUT2D eigenvalue weighted by Gasteiger charge is -2.15. The van der Waals surface area contributed by atoms with Gasteiger partial charge in [-0.05, 0) is 29.7 Å². The van der Waals surface area contributed by atoms with E-state index in [0.29, 0.717) is 6.54 Å². The van der Waals surface area contributed by atoms with Gasteiger partial charge < -0.3 is 11.1 Å². The third-order valence-corrected chi connectivity index (χ3v) is 3.38. The van der Waals surface area contributed by atoms with Gasteiger partial charge in [0.05, 0.1) is 11.7 Å². The first kappa shape index (κ1) is 15.2. The molecule has 4 heteroatoms. The van der Waals surface area contributed by atoms with Crippen molar-refractivity contribution in [2.45, 2.75) is 26.4 Å². The maximum absolute atomic E-state index is 11.9. The Hall–Kier alpha value is -2.20. The molecule has 110 valence electrons. The number of nitrogens with one attached hydrogen (secondary N) is 1. The number of hydrogen-bond donors (Lipinski definition) is 2. The molecule has 2 aromatic rings. The van der Waals surface area contributed by atoms with Gasteiger partial charge in [-0.3, -0.25) is 9.78 Å². The molecule has 0 unspecified atom stereocenters. The third kappa shape index (κ3) is 4.13. The molecular weight excluding hydrogens is 262 g/mol. The molecule has 0 saturated carbocycles. The molecule has 1 aromatic carbocycles. The van der Waals surface area contributed by atoms with E-state index in [1.165, 1.54) is 0 Å². The highest BCUT2D eigenvalue weighted by Gasteiger charge is 2.16. The molecule has 0 aliphatic carbocycles. The number of amides is 1. The lowest BCUT2D eigenvalue weighted by atomic mass is 10.0. The first-order valence-corrected chi connectivity index (χ1v) is 7.11. The van der Waals surface area contributed by atoms with Crippen molar-refractivity contribution in [2.24, 2.45) is 11.7 Å². The summed E-state index contributed by atoms with van der Waals surface area (Å²) in [6.45, 7) is 4.35. The summed E-state index contributed by atoms with van der Waals surface area (Å²) < 4.78 is 0. The van der Waals surface area contributed by atoms with E-state index in [9.17, 15) is 4.79 Å². The van der Waals surface area contributed by atoms with Crippen LogP contribution in [0.1, 0.15) is 19.4 Å². The molecule has 0 spiro atoms. The Labute approximate surface area is 125 Å². The van der Waals surface area contributed by atoms with Gasteiger partial charge in [-0.25, -0.2) is 0 Å². The minimum Gasteiger partial charge on any atom is -0.351 e. The van der Waals surface area contributed by atoms with E-state index in [0.717, 1.165) is 16.8 Å². The van der Waals surface area contributed by atoms with Crippen LogP contribution in [0.15, 0.2) is 48.7 Å².